The smallest absolute Gasteiger partial charge is 0.341 e. The third-order valence-corrected chi connectivity index (χ3v) is 5.34. The van der Waals surface area contributed by atoms with Gasteiger partial charge in [-0.1, -0.05) is 6.92 Å². The maximum atomic E-state index is 12.6. The van der Waals surface area contributed by atoms with Crippen molar-refractivity contribution in [2.24, 2.45) is 5.92 Å². The van der Waals surface area contributed by atoms with Crippen LogP contribution in [0.1, 0.15) is 54.4 Å². The molecule has 1 amide bonds. The monoisotopic (exact) mass is 374 g/mol. The van der Waals surface area contributed by atoms with E-state index in [1.54, 1.807) is 6.92 Å². The first kappa shape index (κ1) is 20.9. The van der Waals surface area contributed by atoms with Gasteiger partial charge in [-0.2, -0.15) is 0 Å². The Labute approximate surface area is 153 Å². The summed E-state index contributed by atoms with van der Waals surface area (Å²) in [5, 5.41) is 6.97. The molecule has 1 aliphatic rings. The first-order chi connectivity index (χ1) is 11.0. The fourth-order valence-electron chi connectivity index (χ4n) is 3.10. The zero-order chi connectivity index (χ0) is 17.0. The standard InChI is InChI=1S/C17H26N2O3S.ClH/c1-5-13-11(4)23-16(14(13)17(21)22-6-2)19-15(20)12-7-8-18-10(3)9-12;/h10,12,18H,5-9H2,1-4H3,(H,19,20);1H/t10-,12-;/m0./s1. The van der Waals surface area contributed by atoms with E-state index in [1.165, 1.54) is 11.3 Å². The predicted octanol–water partition coefficient (Wildman–Crippen LogP) is 3.54. The molecule has 1 aliphatic heterocycles. The second-order valence-electron chi connectivity index (χ2n) is 5.98. The molecule has 0 unspecified atom stereocenters. The SMILES string of the molecule is CCOC(=O)c1c(NC(=O)[C@H]2CCN[C@@H](C)C2)sc(C)c1CC.Cl. The molecule has 24 heavy (non-hydrogen) atoms. The molecule has 1 aromatic heterocycles. The van der Waals surface area contributed by atoms with E-state index in [-0.39, 0.29) is 30.2 Å². The minimum absolute atomic E-state index is 0. The van der Waals surface area contributed by atoms with Gasteiger partial charge in [-0.25, -0.2) is 4.79 Å². The van der Waals surface area contributed by atoms with Gasteiger partial charge in [0.25, 0.3) is 0 Å². The Morgan fingerprint density at radius 2 is 2.08 bits per heavy atom. The van der Waals surface area contributed by atoms with Crippen LogP contribution in [0.5, 0.6) is 0 Å². The Morgan fingerprint density at radius 3 is 2.67 bits per heavy atom. The molecular weight excluding hydrogens is 348 g/mol. The highest BCUT2D eigenvalue weighted by Crippen LogP contribution is 2.34. The van der Waals surface area contributed by atoms with Gasteiger partial charge in [0, 0.05) is 16.8 Å². The number of rotatable bonds is 5. The number of hydrogen-bond donors (Lipinski definition) is 2. The van der Waals surface area contributed by atoms with Crippen molar-refractivity contribution in [2.45, 2.75) is 53.0 Å². The maximum absolute atomic E-state index is 12.6. The summed E-state index contributed by atoms with van der Waals surface area (Å²) < 4.78 is 5.17. The molecule has 2 heterocycles. The van der Waals surface area contributed by atoms with Crippen molar-refractivity contribution in [3.05, 3.63) is 16.0 Å². The Hall–Kier alpha value is -1.11. The van der Waals surface area contributed by atoms with Crippen molar-refractivity contribution in [3.8, 4) is 0 Å². The quantitative estimate of drug-likeness (QED) is 0.773. The van der Waals surface area contributed by atoms with Crippen LogP contribution in [0.3, 0.4) is 0 Å². The Kier molecular flexibility index (Phi) is 8.19. The summed E-state index contributed by atoms with van der Waals surface area (Å²) in [6.07, 6.45) is 2.40. The molecule has 0 aromatic carbocycles. The molecule has 2 rings (SSSR count). The number of piperidine rings is 1. The van der Waals surface area contributed by atoms with Gasteiger partial charge in [0.1, 0.15) is 5.00 Å². The summed E-state index contributed by atoms with van der Waals surface area (Å²) >= 11 is 1.46. The number of hydrogen-bond acceptors (Lipinski definition) is 5. The lowest BCUT2D eigenvalue weighted by atomic mass is 9.92. The highest BCUT2D eigenvalue weighted by Gasteiger charge is 2.28. The van der Waals surface area contributed by atoms with Crippen LogP contribution in [0.15, 0.2) is 0 Å². The van der Waals surface area contributed by atoms with E-state index in [0.717, 1.165) is 36.2 Å². The van der Waals surface area contributed by atoms with Crippen LogP contribution in [0.4, 0.5) is 5.00 Å². The Balaban J connectivity index is 0.00000288. The number of amides is 1. The van der Waals surface area contributed by atoms with E-state index in [1.807, 2.05) is 13.8 Å². The molecule has 1 fully saturated rings. The summed E-state index contributed by atoms with van der Waals surface area (Å²) in [7, 11) is 0. The number of halogens is 1. The molecule has 0 radical (unpaired) electrons. The van der Waals surface area contributed by atoms with E-state index in [4.69, 9.17) is 4.74 Å². The summed E-state index contributed by atoms with van der Waals surface area (Å²) in [5.41, 5.74) is 1.51. The lowest BCUT2D eigenvalue weighted by Crippen LogP contribution is -2.40. The average molecular weight is 375 g/mol. The summed E-state index contributed by atoms with van der Waals surface area (Å²) in [6.45, 7) is 9.06. The van der Waals surface area contributed by atoms with Crippen molar-refractivity contribution in [1.29, 1.82) is 0 Å². The maximum Gasteiger partial charge on any atom is 0.341 e. The molecule has 5 nitrogen and oxygen atoms in total. The second-order valence-corrected chi connectivity index (χ2v) is 7.21. The minimum Gasteiger partial charge on any atom is -0.462 e. The molecule has 1 aromatic rings. The topological polar surface area (TPSA) is 67.4 Å². The number of anilines is 1. The lowest BCUT2D eigenvalue weighted by molar-refractivity contribution is -0.120. The lowest BCUT2D eigenvalue weighted by Gasteiger charge is -2.27. The number of esters is 1. The number of carbonyl (C=O) groups excluding carboxylic acids is 2. The van der Waals surface area contributed by atoms with Crippen molar-refractivity contribution in [3.63, 3.8) is 0 Å². The molecule has 0 bridgehead atoms. The van der Waals surface area contributed by atoms with Crippen molar-refractivity contribution in [2.75, 3.05) is 18.5 Å². The largest absolute Gasteiger partial charge is 0.462 e. The van der Waals surface area contributed by atoms with Crippen LogP contribution < -0.4 is 10.6 Å². The van der Waals surface area contributed by atoms with Gasteiger partial charge in [0.15, 0.2) is 0 Å². The third kappa shape index (κ3) is 4.71. The van der Waals surface area contributed by atoms with E-state index in [0.29, 0.717) is 23.2 Å². The van der Waals surface area contributed by atoms with Gasteiger partial charge < -0.3 is 15.4 Å². The third-order valence-electron chi connectivity index (χ3n) is 4.27. The van der Waals surface area contributed by atoms with Crippen LogP contribution in [-0.4, -0.2) is 31.1 Å². The van der Waals surface area contributed by atoms with Crippen LogP contribution >= 0.6 is 23.7 Å². The number of carbonyl (C=O) groups is 2. The van der Waals surface area contributed by atoms with Gasteiger partial charge in [-0.3, -0.25) is 4.79 Å². The van der Waals surface area contributed by atoms with Crippen LogP contribution in [-0.2, 0) is 16.0 Å². The highest BCUT2D eigenvalue weighted by atomic mass is 35.5. The van der Waals surface area contributed by atoms with E-state index >= 15 is 0 Å². The van der Waals surface area contributed by atoms with Crippen molar-refractivity contribution in [1.82, 2.24) is 5.32 Å². The fourth-order valence-corrected chi connectivity index (χ4v) is 4.23. The molecule has 0 saturated carbocycles. The summed E-state index contributed by atoms with van der Waals surface area (Å²) in [6, 6.07) is 0.348. The average Bonchev–Trinajstić information content (AvgIpc) is 2.82. The van der Waals surface area contributed by atoms with E-state index in [2.05, 4.69) is 17.6 Å². The van der Waals surface area contributed by atoms with Gasteiger partial charge in [0.05, 0.1) is 12.2 Å². The number of thiophene rings is 1. The molecule has 0 spiro atoms. The Morgan fingerprint density at radius 1 is 1.38 bits per heavy atom. The molecular formula is C17H27ClN2O3S. The van der Waals surface area contributed by atoms with Gasteiger partial charge in [0.2, 0.25) is 5.91 Å². The molecule has 7 heteroatoms. The summed E-state index contributed by atoms with van der Waals surface area (Å²) in [4.78, 5) is 25.9. The first-order valence-corrected chi connectivity index (χ1v) is 9.13. The second kappa shape index (κ2) is 9.39. The predicted molar refractivity (Wildman–Crippen MR) is 100 cm³/mol. The van der Waals surface area contributed by atoms with Crippen LogP contribution in [0, 0.1) is 12.8 Å². The number of nitrogens with one attached hydrogen (secondary N) is 2. The Bertz CT molecular complexity index is 589. The number of ether oxygens (including phenoxy) is 1. The van der Waals surface area contributed by atoms with Crippen LogP contribution in [0.2, 0.25) is 0 Å². The molecule has 2 atom stereocenters. The van der Waals surface area contributed by atoms with Crippen LogP contribution in [0.25, 0.3) is 0 Å². The zero-order valence-electron chi connectivity index (χ0n) is 14.7. The zero-order valence-corrected chi connectivity index (χ0v) is 16.4. The number of aryl methyl sites for hydroxylation is 1. The van der Waals surface area contributed by atoms with Gasteiger partial charge in [-0.05, 0) is 52.1 Å². The van der Waals surface area contributed by atoms with Gasteiger partial charge >= 0.3 is 5.97 Å². The summed E-state index contributed by atoms with van der Waals surface area (Å²) in [5.74, 6) is -0.343. The highest BCUT2D eigenvalue weighted by molar-refractivity contribution is 7.16. The van der Waals surface area contributed by atoms with E-state index in [9.17, 15) is 9.59 Å². The van der Waals surface area contributed by atoms with Gasteiger partial charge in [-0.15, -0.1) is 23.7 Å². The molecule has 0 aliphatic carbocycles. The first-order valence-electron chi connectivity index (χ1n) is 8.31. The van der Waals surface area contributed by atoms with Crippen molar-refractivity contribution < 1.29 is 14.3 Å². The molecule has 1 saturated heterocycles. The minimum atomic E-state index is -0.345. The van der Waals surface area contributed by atoms with E-state index < -0.39 is 0 Å². The normalized spacial score (nSPS) is 20.2. The van der Waals surface area contributed by atoms with Crippen molar-refractivity contribution >= 4 is 40.6 Å². The fraction of sp³-hybridized carbons (Fsp3) is 0.647. The molecule has 2 N–H and O–H groups in total. The molecule has 136 valence electrons.